The molecule has 0 spiro atoms. The second kappa shape index (κ2) is 6.01. The van der Waals surface area contributed by atoms with Crippen LogP contribution in [0.3, 0.4) is 0 Å². The van der Waals surface area contributed by atoms with Gasteiger partial charge in [0.1, 0.15) is 6.33 Å². The summed E-state index contributed by atoms with van der Waals surface area (Å²) in [6.07, 6.45) is 1.42. The van der Waals surface area contributed by atoms with Crippen molar-refractivity contribution in [3.63, 3.8) is 0 Å². The number of carbonyl (C=O) groups excluding carboxylic acids is 1. The first kappa shape index (κ1) is 14.3. The number of benzene rings is 1. The van der Waals surface area contributed by atoms with E-state index in [1.807, 2.05) is 0 Å². The minimum atomic E-state index is -0.558. The van der Waals surface area contributed by atoms with Gasteiger partial charge >= 0.3 is 5.97 Å². The quantitative estimate of drug-likeness (QED) is 0.593. The van der Waals surface area contributed by atoms with Gasteiger partial charge in [-0.25, -0.2) is 9.48 Å². The topological polar surface area (TPSA) is 161 Å². The van der Waals surface area contributed by atoms with Crippen LogP contribution in [0.4, 0.5) is 11.9 Å². The molecule has 0 aliphatic carbocycles. The van der Waals surface area contributed by atoms with Crippen molar-refractivity contribution in [2.45, 2.75) is 6.61 Å². The molecule has 116 valence electrons. The Morgan fingerprint density at radius 3 is 2.65 bits per heavy atom. The number of nitrogens with two attached hydrogens (primary N) is 2. The van der Waals surface area contributed by atoms with Crippen molar-refractivity contribution in [2.75, 3.05) is 11.5 Å². The van der Waals surface area contributed by atoms with Gasteiger partial charge in [0.15, 0.2) is 12.4 Å². The molecule has 3 rings (SSSR count). The maximum atomic E-state index is 12.1. The fourth-order valence-electron chi connectivity index (χ4n) is 1.79. The molecule has 3 aromatic rings. The average Bonchev–Trinajstić information content (AvgIpc) is 3.06. The molecule has 0 atom stereocenters. The van der Waals surface area contributed by atoms with Crippen LogP contribution in [0.2, 0.25) is 0 Å². The number of rotatable bonds is 4. The lowest BCUT2D eigenvalue weighted by atomic mass is 10.2. The molecule has 0 radical (unpaired) electrons. The lowest BCUT2D eigenvalue weighted by Crippen LogP contribution is -2.11. The Hall–Kier alpha value is -3.63. The lowest BCUT2D eigenvalue weighted by molar-refractivity contribution is 0.0462. The van der Waals surface area contributed by atoms with Gasteiger partial charge in [-0.3, -0.25) is 0 Å². The van der Waals surface area contributed by atoms with Crippen molar-refractivity contribution in [2.24, 2.45) is 0 Å². The molecule has 0 fully saturated rings. The van der Waals surface area contributed by atoms with Gasteiger partial charge in [0.25, 0.3) is 0 Å². The van der Waals surface area contributed by atoms with Crippen LogP contribution in [0, 0.1) is 0 Å². The van der Waals surface area contributed by atoms with Crippen molar-refractivity contribution >= 4 is 17.9 Å². The molecule has 11 nitrogen and oxygen atoms in total. The maximum Gasteiger partial charge on any atom is 0.338 e. The van der Waals surface area contributed by atoms with E-state index >= 15 is 0 Å². The standard InChI is InChI=1S/C12H11N9O2/c13-11-16-9(17-12(14)18-11)5-23-10(22)7-2-1-3-8(4-7)21-6-15-19-20-21/h1-4,6H,5H2,(H4,13,14,16,17,18). The summed E-state index contributed by atoms with van der Waals surface area (Å²) in [5, 5.41) is 10.8. The molecule has 0 saturated carbocycles. The second-order valence-electron chi connectivity index (χ2n) is 4.35. The molecule has 0 aliphatic rings. The van der Waals surface area contributed by atoms with Crippen LogP contribution in [-0.2, 0) is 11.3 Å². The van der Waals surface area contributed by atoms with Crippen molar-refractivity contribution in [3.8, 4) is 5.69 Å². The lowest BCUT2D eigenvalue weighted by Gasteiger charge is -2.06. The summed E-state index contributed by atoms with van der Waals surface area (Å²) in [7, 11) is 0. The van der Waals surface area contributed by atoms with Gasteiger partial charge in [-0.05, 0) is 28.6 Å². The van der Waals surface area contributed by atoms with Crippen molar-refractivity contribution in [1.82, 2.24) is 35.2 Å². The highest BCUT2D eigenvalue weighted by Gasteiger charge is 2.11. The molecular formula is C12H11N9O2. The number of nitrogens with zero attached hydrogens (tertiary/aromatic N) is 7. The summed E-state index contributed by atoms with van der Waals surface area (Å²) in [6.45, 7) is -0.176. The number of carbonyl (C=O) groups is 1. The zero-order valence-electron chi connectivity index (χ0n) is 11.7. The fourth-order valence-corrected chi connectivity index (χ4v) is 1.79. The van der Waals surface area contributed by atoms with E-state index in [4.69, 9.17) is 16.2 Å². The number of aromatic nitrogens is 7. The van der Waals surface area contributed by atoms with Crippen molar-refractivity contribution < 1.29 is 9.53 Å². The number of hydrogen-bond donors (Lipinski definition) is 2. The predicted molar refractivity (Wildman–Crippen MR) is 76.9 cm³/mol. The molecular weight excluding hydrogens is 302 g/mol. The van der Waals surface area contributed by atoms with Gasteiger partial charge < -0.3 is 16.2 Å². The summed E-state index contributed by atoms with van der Waals surface area (Å²) in [6, 6.07) is 6.63. The van der Waals surface area contributed by atoms with Crippen molar-refractivity contribution in [3.05, 3.63) is 42.0 Å². The third-order valence-corrected chi connectivity index (χ3v) is 2.74. The van der Waals surface area contributed by atoms with E-state index in [2.05, 4.69) is 30.5 Å². The van der Waals surface area contributed by atoms with Gasteiger partial charge in [0.05, 0.1) is 11.3 Å². The van der Waals surface area contributed by atoms with Crippen LogP contribution in [0.1, 0.15) is 16.2 Å². The zero-order valence-corrected chi connectivity index (χ0v) is 11.7. The van der Waals surface area contributed by atoms with Gasteiger partial charge in [0.2, 0.25) is 11.9 Å². The Kier molecular flexibility index (Phi) is 3.74. The highest BCUT2D eigenvalue weighted by atomic mass is 16.5. The van der Waals surface area contributed by atoms with E-state index in [9.17, 15) is 4.79 Å². The first-order valence-electron chi connectivity index (χ1n) is 6.38. The van der Waals surface area contributed by atoms with E-state index in [0.29, 0.717) is 11.3 Å². The Labute approximate surface area is 129 Å². The predicted octanol–water partition coefficient (Wildman–Crippen LogP) is -0.631. The summed E-state index contributed by atoms with van der Waals surface area (Å²) in [5.74, 6) is -0.467. The summed E-state index contributed by atoms with van der Waals surface area (Å²) < 4.78 is 6.55. The van der Waals surface area contributed by atoms with Crippen LogP contribution < -0.4 is 11.5 Å². The number of tetrazole rings is 1. The molecule has 4 N–H and O–H groups in total. The average molecular weight is 313 g/mol. The zero-order chi connectivity index (χ0) is 16.2. The Morgan fingerprint density at radius 2 is 1.96 bits per heavy atom. The molecule has 2 aromatic heterocycles. The van der Waals surface area contributed by atoms with Gasteiger partial charge in [-0.15, -0.1) is 5.10 Å². The summed E-state index contributed by atoms with van der Waals surface area (Å²) in [4.78, 5) is 23.4. The highest BCUT2D eigenvalue weighted by Crippen LogP contribution is 2.11. The Morgan fingerprint density at radius 1 is 1.17 bits per heavy atom. The monoisotopic (exact) mass is 313 g/mol. The van der Waals surface area contributed by atoms with Crippen LogP contribution in [0.5, 0.6) is 0 Å². The second-order valence-corrected chi connectivity index (χ2v) is 4.35. The van der Waals surface area contributed by atoms with E-state index in [-0.39, 0.29) is 24.3 Å². The van der Waals surface area contributed by atoms with E-state index < -0.39 is 5.97 Å². The number of nitrogen functional groups attached to an aromatic ring is 2. The SMILES string of the molecule is Nc1nc(N)nc(COC(=O)c2cccc(-n3cnnn3)c2)n1. The third-order valence-electron chi connectivity index (χ3n) is 2.74. The largest absolute Gasteiger partial charge is 0.454 e. The van der Waals surface area contributed by atoms with Crippen LogP contribution >= 0.6 is 0 Å². The van der Waals surface area contributed by atoms with Gasteiger partial charge in [-0.2, -0.15) is 15.0 Å². The van der Waals surface area contributed by atoms with E-state index in [1.54, 1.807) is 24.3 Å². The molecule has 0 saturated heterocycles. The van der Waals surface area contributed by atoms with Gasteiger partial charge in [-0.1, -0.05) is 6.07 Å². The molecule has 0 bridgehead atoms. The molecule has 0 unspecified atom stereocenters. The molecule has 2 heterocycles. The van der Waals surface area contributed by atoms with Gasteiger partial charge in [0, 0.05) is 0 Å². The Balaban J connectivity index is 1.72. The van der Waals surface area contributed by atoms with Crippen LogP contribution in [0.25, 0.3) is 5.69 Å². The number of esters is 1. The van der Waals surface area contributed by atoms with Crippen LogP contribution in [-0.4, -0.2) is 41.1 Å². The molecule has 1 aromatic carbocycles. The number of anilines is 2. The maximum absolute atomic E-state index is 12.1. The molecule has 23 heavy (non-hydrogen) atoms. The van der Waals surface area contributed by atoms with Crippen LogP contribution in [0.15, 0.2) is 30.6 Å². The smallest absolute Gasteiger partial charge is 0.338 e. The minimum absolute atomic E-state index is 0.0378. The summed E-state index contributed by atoms with van der Waals surface area (Å²) in [5.41, 5.74) is 11.8. The number of hydrogen-bond acceptors (Lipinski definition) is 10. The van der Waals surface area contributed by atoms with E-state index in [1.165, 1.54) is 11.0 Å². The molecule has 11 heteroatoms. The fraction of sp³-hybridized carbons (Fsp3) is 0.0833. The normalized spacial score (nSPS) is 10.4. The number of ether oxygens (including phenoxy) is 1. The molecule has 0 aliphatic heterocycles. The highest BCUT2D eigenvalue weighted by molar-refractivity contribution is 5.90. The van der Waals surface area contributed by atoms with Crippen molar-refractivity contribution in [1.29, 1.82) is 0 Å². The Bertz CT molecular complexity index is 814. The van der Waals surface area contributed by atoms with E-state index in [0.717, 1.165) is 0 Å². The minimum Gasteiger partial charge on any atom is -0.454 e. The first-order valence-corrected chi connectivity index (χ1v) is 6.38. The third kappa shape index (κ3) is 3.34. The first-order chi connectivity index (χ1) is 11.1. The molecule has 0 amide bonds. The summed E-state index contributed by atoms with van der Waals surface area (Å²) >= 11 is 0.